The highest BCUT2D eigenvalue weighted by Crippen LogP contribution is 2.27. The first-order valence-electron chi connectivity index (χ1n) is 7.28. The van der Waals surface area contributed by atoms with Gasteiger partial charge in [0.25, 0.3) is 0 Å². The van der Waals surface area contributed by atoms with Gasteiger partial charge in [0.05, 0.1) is 5.92 Å². The lowest BCUT2D eigenvalue weighted by molar-refractivity contribution is -0.139. The van der Waals surface area contributed by atoms with Gasteiger partial charge in [0.1, 0.15) is 0 Å². The van der Waals surface area contributed by atoms with Crippen molar-refractivity contribution in [1.29, 1.82) is 0 Å². The summed E-state index contributed by atoms with van der Waals surface area (Å²) >= 11 is 0. The van der Waals surface area contributed by atoms with Gasteiger partial charge in [-0.25, -0.2) is 0 Å². The fourth-order valence-electron chi connectivity index (χ4n) is 2.46. The molecule has 1 aromatic heterocycles. The zero-order valence-electron chi connectivity index (χ0n) is 12.3. The summed E-state index contributed by atoms with van der Waals surface area (Å²) in [5.41, 5.74) is 1.16. The molecule has 0 aliphatic carbocycles. The fraction of sp³-hybridized carbons (Fsp3) is 0.438. The molecule has 0 radical (unpaired) electrons. The average Bonchev–Trinajstić information content (AvgIpc) is 2.86. The summed E-state index contributed by atoms with van der Waals surface area (Å²) in [5, 5.41) is 4.03. The number of hydrogen-bond acceptors (Lipinski definition) is 4. The summed E-state index contributed by atoms with van der Waals surface area (Å²) in [6.45, 7) is 5.20. The van der Waals surface area contributed by atoms with Crippen LogP contribution in [0.15, 0.2) is 34.9 Å². The lowest BCUT2D eigenvalue weighted by Gasteiger charge is -2.38. The van der Waals surface area contributed by atoms with Crippen molar-refractivity contribution in [2.75, 3.05) is 13.1 Å². The summed E-state index contributed by atoms with van der Waals surface area (Å²) in [6.07, 6.45) is 0.672. The van der Waals surface area contributed by atoms with Crippen molar-refractivity contribution in [3.8, 4) is 0 Å². The van der Waals surface area contributed by atoms with Gasteiger partial charge < -0.3 is 9.42 Å². The number of hydrogen-bond donors (Lipinski definition) is 0. The standard InChI is InChI=1S/C16H19N3O2/c1-11(2)16(20)19-9-13(10-19)15-17-14(18-21-15)8-12-6-4-3-5-7-12/h3-7,11,13H,8-10H2,1-2H3. The van der Waals surface area contributed by atoms with Crippen molar-refractivity contribution in [1.82, 2.24) is 15.0 Å². The number of amides is 1. The van der Waals surface area contributed by atoms with Gasteiger partial charge in [0.15, 0.2) is 5.82 Å². The molecule has 1 aromatic carbocycles. The predicted molar refractivity (Wildman–Crippen MR) is 77.7 cm³/mol. The largest absolute Gasteiger partial charge is 0.341 e. The van der Waals surface area contributed by atoms with E-state index in [2.05, 4.69) is 10.1 Å². The molecule has 21 heavy (non-hydrogen) atoms. The van der Waals surface area contributed by atoms with Crippen molar-refractivity contribution in [3.63, 3.8) is 0 Å². The molecule has 0 bridgehead atoms. The van der Waals surface area contributed by atoms with Gasteiger partial charge in [-0.3, -0.25) is 4.79 Å². The van der Waals surface area contributed by atoms with Crippen LogP contribution >= 0.6 is 0 Å². The minimum atomic E-state index is 0.0438. The number of carbonyl (C=O) groups excluding carboxylic acids is 1. The minimum Gasteiger partial charge on any atom is -0.341 e. The maximum Gasteiger partial charge on any atom is 0.233 e. The lowest BCUT2D eigenvalue weighted by Crippen LogP contribution is -2.50. The van der Waals surface area contributed by atoms with Crippen LogP contribution in [-0.4, -0.2) is 34.0 Å². The highest BCUT2D eigenvalue weighted by Gasteiger charge is 2.36. The number of rotatable bonds is 4. The van der Waals surface area contributed by atoms with Crippen molar-refractivity contribution in [3.05, 3.63) is 47.6 Å². The van der Waals surface area contributed by atoms with E-state index in [9.17, 15) is 4.79 Å². The Morgan fingerprint density at radius 1 is 1.33 bits per heavy atom. The molecule has 0 N–H and O–H groups in total. The predicted octanol–water partition coefficient (Wildman–Crippen LogP) is 2.24. The van der Waals surface area contributed by atoms with E-state index < -0.39 is 0 Å². The first-order chi connectivity index (χ1) is 10.1. The second-order valence-electron chi connectivity index (χ2n) is 5.81. The summed E-state index contributed by atoms with van der Waals surface area (Å²) in [4.78, 5) is 18.1. The van der Waals surface area contributed by atoms with Crippen LogP contribution < -0.4 is 0 Å². The SMILES string of the molecule is CC(C)C(=O)N1CC(c2nc(Cc3ccccc3)no2)C1. The van der Waals surface area contributed by atoms with Gasteiger partial charge in [-0.05, 0) is 5.56 Å². The molecule has 0 saturated carbocycles. The molecular weight excluding hydrogens is 266 g/mol. The minimum absolute atomic E-state index is 0.0438. The third-order valence-electron chi connectivity index (χ3n) is 3.73. The van der Waals surface area contributed by atoms with E-state index in [1.165, 1.54) is 0 Å². The van der Waals surface area contributed by atoms with E-state index in [1.54, 1.807) is 0 Å². The monoisotopic (exact) mass is 285 g/mol. The summed E-state index contributed by atoms with van der Waals surface area (Å²) < 4.78 is 5.33. The maximum absolute atomic E-state index is 11.8. The van der Waals surface area contributed by atoms with Crippen molar-refractivity contribution >= 4 is 5.91 Å². The third-order valence-corrected chi connectivity index (χ3v) is 3.73. The third kappa shape index (κ3) is 2.96. The maximum atomic E-state index is 11.8. The zero-order valence-corrected chi connectivity index (χ0v) is 12.3. The Morgan fingerprint density at radius 3 is 2.71 bits per heavy atom. The molecule has 110 valence electrons. The van der Waals surface area contributed by atoms with E-state index in [0.29, 0.717) is 31.2 Å². The lowest BCUT2D eigenvalue weighted by atomic mass is 9.98. The van der Waals surface area contributed by atoms with Crippen LogP contribution in [0, 0.1) is 5.92 Å². The molecule has 2 heterocycles. The van der Waals surface area contributed by atoms with E-state index >= 15 is 0 Å². The number of carbonyl (C=O) groups is 1. The summed E-state index contributed by atoms with van der Waals surface area (Å²) in [7, 11) is 0. The first-order valence-corrected chi connectivity index (χ1v) is 7.28. The Bertz CT molecular complexity index is 615. The molecule has 1 aliphatic heterocycles. The van der Waals surface area contributed by atoms with Crippen LogP contribution in [0.5, 0.6) is 0 Å². The molecule has 0 atom stereocenters. The van der Waals surface area contributed by atoms with Gasteiger partial charge in [-0.15, -0.1) is 0 Å². The number of benzene rings is 1. The quantitative estimate of drug-likeness (QED) is 0.864. The van der Waals surface area contributed by atoms with Crippen molar-refractivity contribution in [2.24, 2.45) is 5.92 Å². The molecule has 5 heteroatoms. The average molecular weight is 285 g/mol. The molecule has 2 aromatic rings. The van der Waals surface area contributed by atoms with Gasteiger partial charge in [-0.1, -0.05) is 49.3 Å². The van der Waals surface area contributed by atoms with Gasteiger partial charge >= 0.3 is 0 Å². The second-order valence-corrected chi connectivity index (χ2v) is 5.81. The Hall–Kier alpha value is -2.17. The molecule has 1 amide bonds. The Labute approximate surface area is 124 Å². The first kappa shape index (κ1) is 13.8. The number of nitrogens with zero attached hydrogens (tertiary/aromatic N) is 3. The fourth-order valence-corrected chi connectivity index (χ4v) is 2.46. The Kier molecular flexibility index (Phi) is 3.73. The van der Waals surface area contributed by atoms with Gasteiger partial charge in [-0.2, -0.15) is 4.98 Å². The highest BCUT2D eigenvalue weighted by atomic mass is 16.5. The molecule has 1 fully saturated rings. The molecule has 0 spiro atoms. The van der Waals surface area contributed by atoms with Crippen LogP contribution in [0.25, 0.3) is 0 Å². The smallest absolute Gasteiger partial charge is 0.233 e. The molecule has 0 unspecified atom stereocenters. The summed E-state index contributed by atoms with van der Waals surface area (Å²) in [6, 6.07) is 10.1. The molecule has 5 nitrogen and oxygen atoms in total. The zero-order chi connectivity index (χ0) is 14.8. The topological polar surface area (TPSA) is 59.2 Å². The van der Waals surface area contributed by atoms with E-state index in [0.717, 1.165) is 5.56 Å². The van der Waals surface area contributed by atoms with E-state index in [1.807, 2.05) is 49.1 Å². The molecule has 1 aliphatic rings. The van der Waals surface area contributed by atoms with Crippen LogP contribution in [0.2, 0.25) is 0 Å². The highest BCUT2D eigenvalue weighted by molar-refractivity contribution is 5.79. The van der Waals surface area contributed by atoms with Crippen molar-refractivity contribution in [2.45, 2.75) is 26.2 Å². The van der Waals surface area contributed by atoms with Crippen LogP contribution in [-0.2, 0) is 11.2 Å². The normalized spacial score (nSPS) is 15.3. The Morgan fingerprint density at radius 2 is 2.05 bits per heavy atom. The second kappa shape index (κ2) is 5.68. The molecule has 1 saturated heterocycles. The Balaban J connectivity index is 1.58. The van der Waals surface area contributed by atoms with Gasteiger partial charge in [0.2, 0.25) is 11.8 Å². The summed E-state index contributed by atoms with van der Waals surface area (Å²) in [5.74, 6) is 1.76. The number of likely N-dealkylation sites (tertiary alicyclic amines) is 1. The van der Waals surface area contributed by atoms with Crippen LogP contribution in [0.1, 0.15) is 37.0 Å². The van der Waals surface area contributed by atoms with Crippen LogP contribution in [0.4, 0.5) is 0 Å². The van der Waals surface area contributed by atoms with Gasteiger partial charge in [0, 0.05) is 25.4 Å². The van der Waals surface area contributed by atoms with Crippen LogP contribution in [0.3, 0.4) is 0 Å². The van der Waals surface area contributed by atoms with E-state index in [4.69, 9.17) is 4.52 Å². The molecular formula is C16H19N3O2. The van der Waals surface area contributed by atoms with Crippen molar-refractivity contribution < 1.29 is 9.32 Å². The number of aromatic nitrogens is 2. The molecule has 3 rings (SSSR count). The van der Waals surface area contributed by atoms with E-state index in [-0.39, 0.29) is 17.7 Å².